The number of hydrogen-bond acceptors (Lipinski definition) is 6. The third-order valence-corrected chi connectivity index (χ3v) is 4.26. The maximum Gasteiger partial charge on any atom is 0.204 e. The van der Waals surface area contributed by atoms with Crippen LogP contribution in [-0.4, -0.2) is 32.8 Å². The number of furan rings is 1. The molecule has 0 atom stereocenters. The lowest BCUT2D eigenvalue weighted by atomic mass is 10.2. The molecule has 7 nitrogen and oxygen atoms in total. The van der Waals surface area contributed by atoms with Crippen LogP contribution in [0.3, 0.4) is 0 Å². The Bertz CT molecular complexity index is 966. The molecule has 1 aliphatic heterocycles. The van der Waals surface area contributed by atoms with Gasteiger partial charge in [-0.2, -0.15) is 5.10 Å². The van der Waals surface area contributed by atoms with E-state index >= 15 is 0 Å². The van der Waals surface area contributed by atoms with Crippen molar-refractivity contribution in [3.63, 3.8) is 0 Å². The van der Waals surface area contributed by atoms with Gasteiger partial charge in [0.1, 0.15) is 11.5 Å². The van der Waals surface area contributed by atoms with Crippen molar-refractivity contribution in [3.05, 3.63) is 60.1 Å². The monoisotopic (exact) mass is 348 g/mol. The van der Waals surface area contributed by atoms with E-state index < -0.39 is 0 Å². The smallest absolute Gasteiger partial charge is 0.204 e. The highest BCUT2D eigenvalue weighted by molar-refractivity contribution is 6.48. The average Bonchev–Trinajstić information content (AvgIpc) is 3.33. The Kier molecular flexibility index (Phi) is 4.12. The molecule has 1 aliphatic rings. The maximum atomic E-state index is 5.45. The molecule has 0 saturated carbocycles. The summed E-state index contributed by atoms with van der Waals surface area (Å²) >= 11 is 0. The van der Waals surface area contributed by atoms with Crippen LogP contribution in [0.1, 0.15) is 31.3 Å². The van der Waals surface area contributed by atoms with Gasteiger partial charge in [-0.05, 0) is 57.2 Å². The van der Waals surface area contributed by atoms with Crippen LogP contribution in [0.2, 0.25) is 0 Å². The highest BCUT2D eigenvalue weighted by atomic mass is 16.3. The summed E-state index contributed by atoms with van der Waals surface area (Å²) in [5, 5.41) is 8.60. The third-order valence-electron chi connectivity index (χ3n) is 4.26. The molecule has 0 unspecified atom stereocenters. The number of aryl methyl sites for hydroxylation is 1. The standard InChI is InChI=1S/C19H20N6O/c1-4-24(12-17-6-5-11-26-17)16-9-7-15(8-10-16)21-18-13(2)22-25-19(18)20-14(3)23-25/h5-11H,4,12H2,1-3H3. The zero-order valence-electron chi connectivity index (χ0n) is 15.0. The summed E-state index contributed by atoms with van der Waals surface area (Å²) < 4.78 is 5.45. The molecule has 1 aromatic carbocycles. The molecule has 3 heterocycles. The molecule has 0 bridgehead atoms. The van der Waals surface area contributed by atoms with Crippen LogP contribution >= 0.6 is 0 Å². The van der Waals surface area contributed by atoms with Crippen molar-refractivity contribution in [2.24, 2.45) is 10.1 Å². The van der Waals surface area contributed by atoms with Crippen LogP contribution < -0.4 is 4.90 Å². The Balaban J connectivity index is 1.57. The maximum absolute atomic E-state index is 5.45. The number of hydrogen-bond donors (Lipinski definition) is 0. The first-order valence-electron chi connectivity index (χ1n) is 8.60. The van der Waals surface area contributed by atoms with Crippen LogP contribution in [-0.2, 0) is 6.54 Å². The summed E-state index contributed by atoms with van der Waals surface area (Å²) in [5.41, 5.74) is 3.57. The lowest BCUT2D eigenvalue weighted by Gasteiger charge is -2.22. The van der Waals surface area contributed by atoms with Gasteiger partial charge in [-0.15, -0.1) is 9.89 Å². The Labute approximate surface area is 151 Å². The van der Waals surface area contributed by atoms with E-state index in [1.807, 2.05) is 38.1 Å². The molecule has 0 aliphatic carbocycles. The van der Waals surface area contributed by atoms with Crippen molar-refractivity contribution >= 4 is 22.8 Å². The Morgan fingerprint density at radius 3 is 2.65 bits per heavy atom. The van der Waals surface area contributed by atoms with Gasteiger partial charge in [0.2, 0.25) is 5.82 Å². The molecular weight excluding hydrogens is 328 g/mol. The number of aromatic nitrogens is 3. The summed E-state index contributed by atoms with van der Waals surface area (Å²) in [5.74, 6) is 2.33. The van der Waals surface area contributed by atoms with E-state index in [0.29, 0.717) is 11.6 Å². The molecule has 26 heavy (non-hydrogen) atoms. The first-order chi connectivity index (χ1) is 12.6. The number of anilines is 1. The Morgan fingerprint density at radius 1 is 1.15 bits per heavy atom. The zero-order valence-corrected chi connectivity index (χ0v) is 15.0. The minimum Gasteiger partial charge on any atom is -0.467 e. The van der Waals surface area contributed by atoms with E-state index in [1.54, 1.807) is 11.1 Å². The van der Waals surface area contributed by atoms with Gasteiger partial charge >= 0.3 is 0 Å². The van der Waals surface area contributed by atoms with Crippen LogP contribution in [0.25, 0.3) is 0 Å². The molecule has 0 saturated heterocycles. The van der Waals surface area contributed by atoms with Crippen molar-refractivity contribution < 1.29 is 4.42 Å². The van der Waals surface area contributed by atoms with Crippen molar-refractivity contribution in [1.82, 2.24) is 14.9 Å². The molecular formula is C19H20N6O. The van der Waals surface area contributed by atoms with Crippen LogP contribution in [0, 0.1) is 6.92 Å². The molecule has 0 spiro atoms. The lowest BCUT2D eigenvalue weighted by Crippen LogP contribution is -2.21. The first-order valence-corrected chi connectivity index (χ1v) is 8.60. The highest BCUT2D eigenvalue weighted by Crippen LogP contribution is 2.23. The minimum atomic E-state index is 0.691. The summed E-state index contributed by atoms with van der Waals surface area (Å²) in [4.78, 5) is 12.9. The van der Waals surface area contributed by atoms with Crippen molar-refractivity contribution in [3.8, 4) is 0 Å². The SMILES string of the molecule is CCN(Cc1ccco1)c1ccc(N=C2C(C)=Nn3nc(C)nc32)cc1. The summed E-state index contributed by atoms with van der Waals surface area (Å²) in [7, 11) is 0. The fourth-order valence-corrected chi connectivity index (χ4v) is 2.95. The number of rotatable bonds is 5. The highest BCUT2D eigenvalue weighted by Gasteiger charge is 2.23. The van der Waals surface area contributed by atoms with Gasteiger partial charge in [0.05, 0.1) is 24.2 Å². The van der Waals surface area contributed by atoms with Crippen LogP contribution in [0.15, 0.2) is 57.2 Å². The second-order valence-corrected chi connectivity index (χ2v) is 6.13. The molecule has 3 aromatic rings. The van der Waals surface area contributed by atoms with Crippen molar-refractivity contribution in [2.75, 3.05) is 11.4 Å². The lowest BCUT2D eigenvalue weighted by molar-refractivity contribution is 0.503. The fraction of sp³-hybridized carbons (Fsp3) is 0.263. The van der Waals surface area contributed by atoms with Gasteiger partial charge < -0.3 is 9.32 Å². The molecule has 0 fully saturated rings. The molecule has 0 N–H and O–H groups in total. The van der Waals surface area contributed by atoms with Crippen molar-refractivity contribution in [2.45, 2.75) is 27.3 Å². The van der Waals surface area contributed by atoms with Gasteiger partial charge in [0, 0.05) is 12.2 Å². The van der Waals surface area contributed by atoms with E-state index in [1.165, 1.54) is 0 Å². The van der Waals surface area contributed by atoms with E-state index in [4.69, 9.17) is 9.41 Å². The molecule has 0 radical (unpaired) electrons. The summed E-state index contributed by atoms with van der Waals surface area (Å²) in [6.07, 6.45) is 1.70. The zero-order chi connectivity index (χ0) is 18.1. The molecule has 7 heteroatoms. The van der Waals surface area contributed by atoms with Gasteiger partial charge in [-0.25, -0.2) is 9.98 Å². The predicted octanol–water partition coefficient (Wildman–Crippen LogP) is 3.56. The van der Waals surface area contributed by atoms with E-state index in [2.05, 4.69) is 39.1 Å². The van der Waals surface area contributed by atoms with E-state index in [0.717, 1.165) is 41.6 Å². The van der Waals surface area contributed by atoms with E-state index in [-0.39, 0.29) is 0 Å². The largest absolute Gasteiger partial charge is 0.467 e. The number of benzene rings is 1. The third kappa shape index (κ3) is 3.03. The summed E-state index contributed by atoms with van der Waals surface area (Å²) in [6, 6.07) is 12.1. The summed E-state index contributed by atoms with van der Waals surface area (Å²) in [6.45, 7) is 7.53. The predicted molar refractivity (Wildman–Crippen MR) is 101 cm³/mol. The number of fused-ring (bicyclic) bond motifs is 1. The van der Waals surface area contributed by atoms with Crippen LogP contribution in [0.4, 0.5) is 11.4 Å². The van der Waals surface area contributed by atoms with Gasteiger partial charge in [-0.3, -0.25) is 0 Å². The average molecular weight is 348 g/mol. The Hall–Kier alpha value is -3.22. The van der Waals surface area contributed by atoms with Gasteiger partial charge in [0.15, 0.2) is 5.82 Å². The number of aliphatic imine (C=N–C) groups is 1. The van der Waals surface area contributed by atoms with Gasteiger partial charge in [-0.1, -0.05) is 0 Å². The van der Waals surface area contributed by atoms with Crippen LogP contribution in [0.5, 0.6) is 0 Å². The fourth-order valence-electron chi connectivity index (χ4n) is 2.95. The molecule has 132 valence electrons. The first kappa shape index (κ1) is 16.3. The second kappa shape index (κ2) is 6.59. The molecule has 0 amide bonds. The topological polar surface area (TPSA) is 71.8 Å². The Morgan fingerprint density at radius 2 is 1.96 bits per heavy atom. The van der Waals surface area contributed by atoms with Crippen molar-refractivity contribution in [1.29, 1.82) is 0 Å². The molecule has 2 aromatic heterocycles. The molecule has 4 rings (SSSR count). The van der Waals surface area contributed by atoms with E-state index in [9.17, 15) is 0 Å². The second-order valence-electron chi connectivity index (χ2n) is 6.13. The number of nitrogens with zero attached hydrogens (tertiary/aromatic N) is 6. The normalized spacial score (nSPS) is 14.6. The quantitative estimate of drug-likeness (QED) is 0.707. The van der Waals surface area contributed by atoms with Gasteiger partial charge in [0.25, 0.3) is 0 Å². The minimum absolute atomic E-state index is 0.691.